The Morgan fingerprint density at radius 1 is 1.40 bits per heavy atom. The molecule has 112 valence electrons. The zero-order valence-electron chi connectivity index (χ0n) is 12.3. The first-order valence-electron chi connectivity index (χ1n) is 6.79. The molecule has 1 aromatic carbocycles. The average molecular weight is 283 g/mol. The summed E-state index contributed by atoms with van der Waals surface area (Å²) in [6.45, 7) is 6.98. The van der Waals surface area contributed by atoms with Gasteiger partial charge in [-0.15, -0.1) is 0 Å². The number of carbonyl (C=O) groups excluding carboxylic acids is 1. The summed E-state index contributed by atoms with van der Waals surface area (Å²) in [5, 5.41) is 12.1. The minimum atomic E-state index is -0.782. The van der Waals surface area contributed by atoms with Crippen LogP contribution in [0.4, 0.5) is 4.39 Å². The van der Waals surface area contributed by atoms with Crippen LogP contribution in [0.25, 0.3) is 0 Å². The van der Waals surface area contributed by atoms with Gasteiger partial charge in [0.05, 0.1) is 6.10 Å². The Labute approximate surface area is 119 Å². The van der Waals surface area contributed by atoms with Crippen molar-refractivity contribution in [2.45, 2.75) is 52.4 Å². The molecule has 20 heavy (non-hydrogen) atoms. The Bertz CT molecular complexity index is 462. The Morgan fingerprint density at radius 3 is 2.55 bits per heavy atom. The first-order valence-corrected chi connectivity index (χ1v) is 6.79. The number of amides is 1. The molecule has 1 rings (SSSR count). The van der Waals surface area contributed by atoms with Crippen molar-refractivity contribution in [3.8, 4) is 5.75 Å². The van der Waals surface area contributed by atoms with Crippen molar-refractivity contribution in [1.82, 2.24) is 5.32 Å². The van der Waals surface area contributed by atoms with Crippen molar-refractivity contribution in [1.29, 1.82) is 0 Å². The zero-order valence-corrected chi connectivity index (χ0v) is 12.3. The van der Waals surface area contributed by atoms with E-state index in [0.717, 1.165) is 6.42 Å². The number of benzene rings is 1. The second-order valence-corrected chi connectivity index (χ2v) is 4.94. The van der Waals surface area contributed by atoms with Crippen molar-refractivity contribution in [3.05, 3.63) is 29.6 Å². The normalized spacial score (nSPS) is 15.3. The molecule has 5 heteroatoms. The van der Waals surface area contributed by atoms with Crippen LogP contribution in [0.1, 0.15) is 45.8 Å². The molecule has 2 N–H and O–H groups in total. The molecule has 0 radical (unpaired) electrons. The lowest BCUT2D eigenvalue weighted by Gasteiger charge is -2.18. The van der Waals surface area contributed by atoms with Gasteiger partial charge in [-0.05, 0) is 44.9 Å². The summed E-state index contributed by atoms with van der Waals surface area (Å²) < 4.78 is 19.1. The maximum absolute atomic E-state index is 13.8. The number of hydrogen-bond acceptors (Lipinski definition) is 3. The highest BCUT2D eigenvalue weighted by atomic mass is 19.1. The zero-order chi connectivity index (χ0) is 15.3. The van der Waals surface area contributed by atoms with Gasteiger partial charge in [0.1, 0.15) is 0 Å². The van der Waals surface area contributed by atoms with E-state index >= 15 is 0 Å². The SMILES string of the molecule is CCC(C)NC(=O)C(C)Oc1ccc([C@H](C)O)cc1F. The van der Waals surface area contributed by atoms with E-state index in [4.69, 9.17) is 4.74 Å². The first kappa shape index (κ1) is 16.4. The summed E-state index contributed by atoms with van der Waals surface area (Å²) in [6, 6.07) is 4.25. The highest BCUT2D eigenvalue weighted by molar-refractivity contribution is 5.80. The van der Waals surface area contributed by atoms with Gasteiger partial charge in [-0.2, -0.15) is 0 Å². The molecular weight excluding hydrogens is 261 g/mol. The minimum absolute atomic E-state index is 0.00111. The summed E-state index contributed by atoms with van der Waals surface area (Å²) >= 11 is 0. The molecule has 3 atom stereocenters. The number of hydrogen-bond donors (Lipinski definition) is 2. The van der Waals surface area contributed by atoms with Gasteiger partial charge < -0.3 is 15.2 Å². The second kappa shape index (κ2) is 7.24. The fraction of sp³-hybridized carbons (Fsp3) is 0.533. The fourth-order valence-corrected chi connectivity index (χ4v) is 1.58. The fourth-order valence-electron chi connectivity index (χ4n) is 1.58. The van der Waals surface area contributed by atoms with Crippen molar-refractivity contribution in [2.24, 2.45) is 0 Å². The predicted octanol–water partition coefficient (Wildman–Crippen LogP) is 2.56. The lowest BCUT2D eigenvalue weighted by molar-refractivity contribution is -0.127. The van der Waals surface area contributed by atoms with Gasteiger partial charge in [0.2, 0.25) is 0 Å². The Hall–Kier alpha value is -1.62. The molecule has 1 amide bonds. The van der Waals surface area contributed by atoms with Gasteiger partial charge in [-0.3, -0.25) is 4.79 Å². The molecule has 2 unspecified atom stereocenters. The van der Waals surface area contributed by atoms with Gasteiger partial charge in [-0.25, -0.2) is 4.39 Å². The minimum Gasteiger partial charge on any atom is -0.478 e. The molecule has 0 aliphatic heterocycles. The molecule has 0 heterocycles. The van der Waals surface area contributed by atoms with Crippen LogP contribution in [-0.2, 0) is 4.79 Å². The second-order valence-electron chi connectivity index (χ2n) is 4.94. The number of aliphatic hydroxyl groups excluding tert-OH is 1. The number of rotatable bonds is 6. The van der Waals surface area contributed by atoms with E-state index in [1.165, 1.54) is 12.1 Å². The molecule has 1 aromatic rings. The van der Waals surface area contributed by atoms with Crippen molar-refractivity contribution in [2.75, 3.05) is 0 Å². The molecule has 0 saturated heterocycles. The largest absolute Gasteiger partial charge is 0.478 e. The number of ether oxygens (including phenoxy) is 1. The van der Waals surface area contributed by atoms with Crippen LogP contribution in [0, 0.1) is 5.82 Å². The quantitative estimate of drug-likeness (QED) is 0.843. The molecular formula is C15H22FNO3. The summed E-state index contributed by atoms with van der Waals surface area (Å²) in [4.78, 5) is 11.8. The van der Waals surface area contributed by atoms with E-state index in [1.807, 2.05) is 13.8 Å². The summed E-state index contributed by atoms with van der Waals surface area (Å²) in [5.41, 5.74) is 0.464. The molecule has 0 aliphatic carbocycles. The third kappa shape index (κ3) is 4.49. The molecule has 4 nitrogen and oxygen atoms in total. The Balaban J connectivity index is 2.71. The lowest BCUT2D eigenvalue weighted by Crippen LogP contribution is -2.41. The standard InChI is InChI=1S/C15H22FNO3/c1-5-9(2)17-15(19)11(4)20-14-7-6-12(10(3)18)8-13(14)16/h6-11,18H,5H2,1-4H3,(H,17,19)/t9?,10-,11?/m0/s1. The molecule has 0 aromatic heterocycles. The van der Waals surface area contributed by atoms with Crippen LogP contribution in [0.2, 0.25) is 0 Å². The number of aliphatic hydroxyl groups is 1. The average Bonchev–Trinajstić information content (AvgIpc) is 2.40. The summed E-state index contributed by atoms with van der Waals surface area (Å²) in [6.07, 6.45) is -0.712. The van der Waals surface area contributed by atoms with Crippen LogP contribution in [0.5, 0.6) is 5.75 Å². The van der Waals surface area contributed by atoms with Crippen LogP contribution in [0.15, 0.2) is 18.2 Å². The number of halogens is 1. The van der Waals surface area contributed by atoms with E-state index in [0.29, 0.717) is 5.56 Å². The predicted molar refractivity (Wildman–Crippen MR) is 75.0 cm³/mol. The number of nitrogens with one attached hydrogen (secondary N) is 1. The lowest BCUT2D eigenvalue weighted by atomic mass is 10.1. The van der Waals surface area contributed by atoms with E-state index in [-0.39, 0.29) is 17.7 Å². The monoisotopic (exact) mass is 283 g/mol. The van der Waals surface area contributed by atoms with Crippen LogP contribution in [-0.4, -0.2) is 23.2 Å². The molecule has 0 fully saturated rings. The van der Waals surface area contributed by atoms with E-state index < -0.39 is 18.0 Å². The maximum Gasteiger partial charge on any atom is 0.260 e. The third-order valence-electron chi connectivity index (χ3n) is 3.11. The van der Waals surface area contributed by atoms with Gasteiger partial charge >= 0.3 is 0 Å². The van der Waals surface area contributed by atoms with Gasteiger partial charge in [0.15, 0.2) is 17.7 Å². The Morgan fingerprint density at radius 2 is 2.05 bits per heavy atom. The molecule has 0 aliphatic rings. The molecule has 0 spiro atoms. The van der Waals surface area contributed by atoms with Gasteiger partial charge in [0.25, 0.3) is 5.91 Å². The summed E-state index contributed by atoms with van der Waals surface area (Å²) in [5.74, 6) is -0.869. The smallest absolute Gasteiger partial charge is 0.260 e. The van der Waals surface area contributed by atoms with Gasteiger partial charge in [0, 0.05) is 6.04 Å². The van der Waals surface area contributed by atoms with Crippen molar-refractivity contribution >= 4 is 5.91 Å². The van der Waals surface area contributed by atoms with Crippen LogP contribution in [0.3, 0.4) is 0 Å². The Kier molecular flexibility index (Phi) is 5.95. The maximum atomic E-state index is 13.8. The first-order chi connectivity index (χ1) is 9.35. The highest BCUT2D eigenvalue weighted by Crippen LogP contribution is 2.22. The molecule has 0 saturated carbocycles. The van der Waals surface area contributed by atoms with Crippen LogP contribution >= 0.6 is 0 Å². The third-order valence-corrected chi connectivity index (χ3v) is 3.11. The highest BCUT2D eigenvalue weighted by Gasteiger charge is 2.18. The van der Waals surface area contributed by atoms with Crippen molar-refractivity contribution in [3.63, 3.8) is 0 Å². The van der Waals surface area contributed by atoms with Crippen LogP contribution < -0.4 is 10.1 Å². The topological polar surface area (TPSA) is 58.6 Å². The number of carbonyl (C=O) groups is 1. The van der Waals surface area contributed by atoms with Crippen molar-refractivity contribution < 1.29 is 19.0 Å². The van der Waals surface area contributed by atoms with E-state index in [2.05, 4.69) is 5.32 Å². The van der Waals surface area contributed by atoms with E-state index in [1.54, 1.807) is 19.9 Å². The molecule has 0 bridgehead atoms. The van der Waals surface area contributed by atoms with E-state index in [9.17, 15) is 14.3 Å². The summed E-state index contributed by atoms with van der Waals surface area (Å²) in [7, 11) is 0. The van der Waals surface area contributed by atoms with Gasteiger partial charge in [-0.1, -0.05) is 13.0 Å².